The number of aryl methyl sites for hydroxylation is 1. The third kappa shape index (κ3) is 4.12. The lowest BCUT2D eigenvalue weighted by molar-refractivity contribution is -0.302. The molecule has 0 aromatic heterocycles. The first-order chi connectivity index (χ1) is 11.7. The van der Waals surface area contributed by atoms with E-state index in [0.717, 1.165) is 6.42 Å². The van der Waals surface area contributed by atoms with Gasteiger partial charge in [-0.25, -0.2) is 0 Å². The summed E-state index contributed by atoms with van der Waals surface area (Å²) in [4.78, 5) is 12.3. The van der Waals surface area contributed by atoms with Gasteiger partial charge in [-0.1, -0.05) is 31.5 Å². The Labute approximate surface area is 143 Å². The Morgan fingerprint density at radius 2 is 2.00 bits per heavy atom. The maximum absolute atomic E-state index is 13.3. The van der Waals surface area contributed by atoms with Gasteiger partial charge in [0.05, 0.1) is 0 Å². The summed E-state index contributed by atoms with van der Waals surface area (Å²) in [6.07, 6.45) is -4.28. The molecule has 1 aromatic rings. The van der Waals surface area contributed by atoms with Crippen LogP contribution in [0.5, 0.6) is 5.75 Å². The zero-order valence-corrected chi connectivity index (χ0v) is 13.9. The van der Waals surface area contributed by atoms with Crippen LogP contribution in [0.4, 0.5) is 13.2 Å². The molecule has 0 radical (unpaired) electrons. The van der Waals surface area contributed by atoms with E-state index < -0.39 is 24.2 Å². The van der Waals surface area contributed by atoms with E-state index in [2.05, 4.69) is 5.10 Å². The number of phenols is 1. The highest BCUT2D eigenvalue weighted by molar-refractivity contribution is 5.90. The molecule has 0 fully saturated rings. The molecule has 5 nitrogen and oxygen atoms in total. The van der Waals surface area contributed by atoms with E-state index in [1.807, 2.05) is 6.92 Å². The van der Waals surface area contributed by atoms with Gasteiger partial charge in [0.1, 0.15) is 5.75 Å². The SMILES string of the molecule is CCCCC1=NN(C(=O)CCc2ccccc2O)[C@](O)(C(F)(F)F)C1. The molecule has 25 heavy (non-hydrogen) atoms. The Kier molecular flexibility index (Phi) is 5.72. The van der Waals surface area contributed by atoms with Crippen molar-refractivity contribution in [2.45, 2.75) is 57.3 Å². The summed E-state index contributed by atoms with van der Waals surface area (Å²) in [7, 11) is 0. The smallest absolute Gasteiger partial charge is 0.438 e. The first kappa shape index (κ1) is 19.2. The Hall–Kier alpha value is -2.09. The molecule has 0 aliphatic carbocycles. The summed E-state index contributed by atoms with van der Waals surface area (Å²) in [5.41, 5.74) is -2.69. The molecular formula is C17H21F3N2O3. The van der Waals surface area contributed by atoms with Crippen LogP contribution in [0.1, 0.15) is 44.6 Å². The van der Waals surface area contributed by atoms with Gasteiger partial charge in [-0.3, -0.25) is 4.79 Å². The van der Waals surface area contributed by atoms with E-state index in [9.17, 15) is 28.2 Å². The lowest BCUT2D eigenvalue weighted by Crippen LogP contribution is -2.56. The first-order valence-corrected chi connectivity index (χ1v) is 8.14. The number of rotatable bonds is 6. The second kappa shape index (κ2) is 7.43. The molecule has 0 spiro atoms. The van der Waals surface area contributed by atoms with Crippen molar-refractivity contribution >= 4 is 11.6 Å². The van der Waals surface area contributed by atoms with Gasteiger partial charge in [-0.15, -0.1) is 0 Å². The summed E-state index contributed by atoms with van der Waals surface area (Å²) >= 11 is 0. The van der Waals surface area contributed by atoms with Crippen molar-refractivity contribution in [3.63, 3.8) is 0 Å². The fraction of sp³-hybridized carbons (Fsp3) is 0.529. The number of aromatic hydroxyl groups is 1. The number of hydrogen-bond donors (Lipinski definition) is 2. The number of carbonyl (C=O) groups excluding carboxylic acids is 1. The van der Waals surface area contributed by atoms with Gasteiger partial charge in [0.25, 0.3) is 5.72 Å². The van der Waals surface area contributed by atoms with E-state index >= 15 is 0 Å². The monoisotopic (exact) mass is 358 g/mol. The minimum absolute atomic E-state index is 0.0325. The largest absolute Gasteiger partial charge is 0.508 e. The minimum Gasteiger partial charge on any atom is -0.508 e. The number of aliphatic hydroxyl groups is 1. The Morgan fingerprint density at radius 1 is 1.32 bits per heavy atom. The molecule has 0 saturated heterocycles. The predicted molar refractivity (Wildman–Crippen MR) is 85.9 cm³/mol. The molecular weight excluding hydrogens is 337 g/mol. The molecule has 2 rings (SSSR count). The zero-order chi connectivity index (χ0) is 18.7. The van der Waals surface area contributed by atoms with E-state index in [0.29, 0.717) is 18.4 Å². The highest BCUT2D eigenvalue weighted by Gasteiger charge is 2.62. The fourth-order valence-corrected chi connectivity index (χ4v) is 2.69. The summed E-state index contributed by atoms with van der Waals surface area (Å²) in [6.45, 7) is 1.89. The number of phenolic OH excluding ortho intramolecular Hbond substituents is 1. The zero-order valence-electron chi connectivity index (χ0n) is 13.9. The molecule has 0 unspecified atom stereocenters. The van der Waals surface area contributed by atoms with Crippen LogP contribution in [0, 0.1) is 0 Å². The number of halogens is 3. The van der Waals surface area contributed by atoms with Crippen molar-refractivity contribution in [1.82, 2.24) is 5.01 Å². The van der Waals surface area contributed by atoms with Gasteiger partial charge < -0.3 is 10.2 Å². The number of amides is 1. The highest BCUT2D eigenvalue weighted by atomic mass is 19.4. The van der Waals surface area contributed by atoms with Crippen molar-refractivity contribution in [1.29, 1.82) is 0 Å². The maximum atomic E-state index is 13.3. The van der Waals surface area contributed by atoms with E-state index in [-0.39, 0.29) is 29.3 Å². The lowest BCUT2D eigenvalue weighted by Gasteiger charge is -2.32. The van der Waals surface area contributed by atoms with Crippen LogP contribution >= 0.6 is 0 Å². The molecule has 0 saturated carbocycles. The second-order valence-corrected chi connectivity index (χ2v) is 6.10. The minimum atomic E-state index is -5.00. The average molecular weight is 358 g/mol. The second-order valence-electron chi connectivity index (χ2n) is 6.10. The molecule has 2 N–H and O–H groups in total. The van der Waals surface area contributed by atoms with E-state index in [1.54, 1.807) is 18.2 Å². The van der Waals surface area contributed by atoms with Crippen molar-refractivity contribution in [3.8, 4) is 5.75 Å². The van der Waals surface area contributed by atoms with Crippen LogP contribution in [0.2, 0.25) is 0 Å². The number of unbranched alkanes of at least 4 members (excludes halogenated alkanes) is 1. The summed E-state index contributed by atoms with van der Waals surface area (Å²) in [5.74, 6) is -0.968. The Morgan fingerprint density at radius 3 is 2.60 bits per heavy atom. The molecule has 1 aliphatic rings. The van der Waals surface area contributed by atoms with Crippen molar-refractivity contribution in [2.75, 3.05) is 0 Å². The van der Waals surface area contributed by atoms with Crippen LogP contribution in [0.15, 0.2) is 29.4 Å². The number of carbonyl (C=O) groups is 1. The summed E-state index contributed by atoms with van der Waals surface area (Å²) in [6, 6.07) is 6.28. The normalized spacial score (nSPS) is 20.7. The van der Waals surface area contributed by atoms with Gasteiger partial charge in [-0.2, -0.15) is 23.3 Å². The summed E-state index contributed by atoms with van der Waals surface area (Å²) < 4.78 is 40.0. The van der Waals surface area contributed by atoms with Crippen LogP contribution in [-0.4, -0.2) is 38.7 Å². The molecule has 138 valence electrons. The average Bonchev–Trinajstić information content (AvgIpc) is 2.90. The molecule has 0 bridgehead atoms. The maximum Gasteiger partial charge on any atom is 0.438 e. The quantitative estimate of drug-likeness (QED) is 0.819. The van der Waals surface area contributed by atoms with Gasteiger partial charge in [0.15, 0.2) is 0 Å². The van der Waals surface area contributed by atoms with E-state index in [1.165, 1.54) is 6.07 Å². The fourth-order valence-electron chi connectivity index (χ4n) is 2.69. The van der Waals surface area contributed by atoms with Crippen LogP contribution in [-0.2, 0) is 11.2 Å². The third-order valence-electron chi connectivity index (χ3n) is 4.15. The number of hydrazone groups is 1. The predicted octanol–water partition coefficient (Wildman–Crippen LogP) is 3.35. The molecule has 1 atom stereocenters. The van der Waals surface area contributed by atoms with Crippen molar-refractivity contribution < 1.29 is 28.2 Å². The van der Waals surface area contributed by atoms with Crippen LogP contribution in [0.3, 0.4) is 0 Å². The van der Waals surface area contributed by atoms with Crippen LogP contribution < -0.4 is 0 Å². The molecule has 8 heteroatoms. The van der Waals surface area contributed by atoms with Gasteiger partial charge in [-0.05, 0) is 30.9 Å². The van der Waals surface area contributed by atoms with Crippen molar-refractivity contribution in [3.05, 3.63) is 29.8 Å². The van der Waals surface area contributed by atoms with Crippen LogP contribution in [0.25, 0.3) is 0 Å². The molecule has 1 heterocycles. The van der Waals surface area contributed by atoms with E-state index in [4.69, 9.17) is 0 Å². The standard InChI is InChI=1S/C17H21F3N2O3/c1-2-3-7-13-11-16(25,17(18,19)20)22(21-13)15(24)10-9-12-6-4-5-8-14(12)23/h4-6,8,23,25H,2-3,7,9-11H2,1H3/t16-/m1/s1. The Bertz CT molecular complexity index is 661. The van der Waals surface area contributed by atoms with Gasteiger partial charge >= 0.3 is 6.18 Å². The van der Waals surface area contributed by atoms with Gasteiger partial charge in [0, 0.05) is 18.6 Å². The lowest BCUT2D eigenvalue weighted by atomic mass is 10.0. The topological polar surface area (TPSA) is 73.1 Å². The third-order valence-corrected chi connectivity index (χ3v) is 4.15. The number of para-hydroxylation sites is 1. The van der Waals surface area contributed by atoms with Gasteiger partial charge in [0.2, 0.25) is 5.91 Å². The van der Waals surface area contributed by atoms with Crippen molar-refractivity contribution in [2.24, 2.45) is 5.10 Å². The number of alkyl halides is 3. The first-order valence-electron chi connectivity index (χ1n) is 8.14. The number of benzene rings is 1. The number of hydrogen-bond acceptors (Lipinski definition) is 4. The molecule has 1 aromatic carbocycles. The molecule has 1 amide bonds. The molecule has 1 aliphatic heterocycles. The Balaban J connectivity index is 2.15. The summed E-state index contributed by atoms with van der Waals surface area (Å²) in [5, 5.41) is 23.7. The highest BCUT2D eigenvalue weighted by Crippen LogP contribution is 2.41. The number of nitrogens with zero attached hydrogens (tertiary/aromatic N) is 2.